The molecule has 1 atom stereocenters. The number of hydrogen-bond acceptors (Lipinski definition) is 5. The predicted octanol–water partition coefficient (Wildman–Crippen LogP) is 18.7. The number of allylic oxidation sites excluding steroid dienone is 12. The average molecular weight is 893 g/mol. The van der Waals surface area contributed by atoms with E-state index in [2.05, 4.69) is 93.7 Å². The number of carbonyl (C=O) groups is 2. The third-order valence-electron chi connectivity index (χ3n) is 11.7. The van der Waals surface area contributed by atoms with Crippen LogP contribution in [0.1, 0.15) is 265 Å². The van der Waals surface area contributed by atoms with Crippen molar-refractivity contribution >= 4 is 11.9 Å². The second kappa shape index (κ2) is 54.7. The topological polar surface area (TPSA) is 61.8 Å². The van der Waals surface area contributed by atoms with Crippen molar-refractivity contribution in [1.29, 1.82) is 0 Å². The van der Waals surface area contributed by atoms with Gasteiger partial charge in [-0.3, -0.25) is 9.59 Å². The summed E-state index contributed by atoms with van der Waals surface area (Å²) in [7, 11) is 0. The van der Waals surface area contributed by atoms with E-state index in [1.807, 2.05) is 0 Å². The maximum Gasteiger partial charge on any atom is 0.306 e. The van der Waals surface area contributed by atoms with Crippen LogP contribution in [0.5, 0.6) is 0 Å². The van der Waals surface area contributed by atoms with Gasteiger partial charge < -0.3 is 14.2 Å². The minimum Gasteiger partial charge on any atom is -0.462 e. The zero-order chi connectivity index (χ0) is 46.3. The first-order valence-corrected chi connectivity index (χ1v) is 27.5. The van der Waals surface area contributed by atoms with E-state index in [-0.39, 0.29) is 25.2 Å². The molecule has 0 radical (unpaired) electrons. The highest BCUT2D eigenvalue weighted by molar-refractivity contribution is 5.70. The summed E-state index contributed by atoms with van der Waals surface area (Å²) in [5.74, 6) is -0.411. The molecule has 0 heterocycles. The smallest absolute Gasteiger partial charge is 0.306 e. The molecule has 370 valence electrons. The molecule has 0 N–H and O–H groups in total. The number of esters is 2. The van der Waals surface area contributed by atoms with Crippen molar-refractivity contribution in [2.24, 2.45) is 0 Å². The Hall–Kier alpha value is -2.66. The molecule has 0 rings (SSSR count). The predicted molar refractivity (Wildman–Crippen MR) is 279 cm³/mol. The Morgan fingerprint density at radius 1 is 0.359 bits per heavy atom. The van der Waals surface area contributed by atoms with Gasteiger partial charge in [-0.25, -0.2) is 0 Å². The Balaban J connectivity index is 4.29. The number of ether oxygens (including phenoxy) is 3. The van der Waals surface area contributed by atoms with Crippen LogP contribution in [0.15, 0.2) is 72.9 Å². The zero-order valence-corrected chi connectivity index (χ0v) is 42.5. The molecule has 0 spiro atoms. The summed E-state index contributed by atoms with van der Waals surface area (Å²) >= 11 is 0. The van der Waals surface area contributed by atoms with Crippen molar-refractivity contribution in [2.75, 3.05) is 19.8 Å². The van der Waals surface area contributed by atoms with Gasteiger partial charge in [0, 0.05) is 19.4 Å². The molecule has 64 heavy (non-hydrogen) atoms. The van der Waals surface area contributed by atoms with Crippen LogP contribution in [0.2, 0.25) is 0 Å². The molecule has 1 unspecified atom stereocenters. The first-order valence-electron chi connectivity index (χ1n) is 27.5. The van der Waals surface area contributed by atoms with Crippen LogP contribution in [0.4, 0.5) is 0 Å². The van der Waals surface area contributed by atoms with Crippen molar-refractivity contribution in [3.63, 3.8) is 0 Å². The lowest BCUT2D eigenvalue weighted by molar-refractivity contribution is -0.163. The molecule has 0 saturated carbocycles. The van der Waals surface area contributed by atoms with Crippen LogP contribution in [-0.2, 0) is 23.8 Å². The van der Waals surface area contributed by atoms with E-state index in [4.69, 9.17) is 14.2 Å². The molecule has 0 aromatic rings. The molecular formula is C59H104O5. The van der Waals surface area contributed by atoms with Crippen LogP contribution in [0.3, 0.4) is 0 Å². The van der Waals surface area contributed by atoms with Gasteiger partial charge in [0.25, 0.3) is 0 Å². The molecular weight excluding hydrogens is 789 g/mol. The van der Waals surface area contributed by atoms with Crippen LogP contribution >= 0.6 is 0 Å². The highest BCUT2D eigenvalue weighted by Gasteiger charge is 2.17. The summed E-state index contributed by atoms with van der Waals surface area (Å²) in [6.07, 6.45) is 70.5. The van der Waals surface area contributed by atoms with Crippen molar-refractivity contribution < 1.29 is 23.8 Å². The molecule has 0 saturated heterocycles. The van der Waals surface area contributed by atoms with Gasteiger partial charge in [0.15, 0.2) is 6.10 Å². The van der Waals surface area contributed by atoms with Crippen molar-refractivity contribution in [3.8, 4) is 0 Å². The van der Waals surface area contributed by atoms with Crippen LogP contribution in [0, 0.1) is 0 Å². The molecule has 0 aromatic heterocycles. The van der Waals surface area contributed by atoms with Crippen molar-refractivity contribution in [2.45, 2.75) is 271 Å². The molecule has 0 aliphatic rings. The van der Waals surface area contributed by atoms with E-state index in [1.165, 1.54) is 148 Å². The van der Waals surface area contributed by atoms with Gasteiger partial charge in [-0.05, 0) is 83.5 Å². The zero-order valence-electron chi connectivity index (χ0n) is 42.5. The Labute approximate surface area is 397 Å². The van der Waals surface area contributed by atoms with Gasteiger partial charge >= 0.3 is 11.9 Å². The van der Waals surface area contributed by atoms with E-state index in [0.717, 1.165) is 83.5 Å². The van der Waals surface area contributed by atoms with Gasteiger partial charge in [0.1, 0.15) is 6.61 Å². The van der Waals surface area contributed by atoms with Gasteiger partial charge in [-0.2, -0.15) is 0 Å². The second-order valence-corrected chi connectivity index (χ2v) is 18.1. The van der Waals surface area contributed by atoms with E-state index < -0.39 is 6.10 Å². The van der Waals surface area contributed by atoms with Crippen molar-refractivity contribution in [1.82, 2.24) is 0 Å². The lowest BCUT2D eigenvalue weighted by atomic mass is 10.0. The monoisotopic (exact) mass is 893 g/mol. The van der Waals surface area contributed by atoms with E-state index in [0.29, 0.717) is 19.4 Å². The Kier molecular flexibility index (Phi) is 52.4. The maximum atomic E-state index is 12.8. The summed E-state index contributed by atoms with van der Waals surface area (Å²) in [6, 6.07) is 0. The van der Waals surface area contributed by atoms with Crippen molar-refractivity contribution in [3.05, 3.63) is 72.9 Å². The quantitative estimate of drug-likeness (QED) is 0.0346. The normalized spacial score (nSPS) is 12.7. The Bertz CT molecular complexity index is 1150. The molecule has 0 aliphatic carbocycles. The van der Waals surface area contributed by atoms with Gasteiger partial charge in [0.05, 0.1) is 6.61 Å². The van der Waals surface area contributed by atoms with E-state index in [1.54, 1.807) is 0 Å². The Morgan fingerprint density at radius 2 is 0.734 bits per heavy atom. The maximum absolute atomic E-state index is 12.8. The summed E-state index contributed by atoms with van der Waals surface area (Å²) in [5.41, 5.74) is 0. The van der Waals surface area contributed by atoms with Crippen LogP contribution in [0.25, 0.3) is 0 Å². The van der Waals surface area contributed by atoms with Gasteiger partial charge in [-0.1, -0.05) is 241 Å². The molecule has 0 bridgehead atoms. The third-order valence-corrected chi connectivity index (χ3v) is 11.7. The number of hydrogen-bond donors (Lipinski definition) is 0. The standard InChI is InChI=1S/C59H104O5/c1-4-7-10-13-16-19-22-25-28-29-30-31-33-34-37-40-43-46-49-52-58(60)63-56-57(55-62-54-51-48-45-42-39-36-27-24-21-18-15-12-9-6-3)64-59(61)53-50-47-44-41-38-35-32-26-23-20-17-14-11-8-5-2/h7,10,12,15-16,19,21,24-25,28,30-31,57H,4-6,8-9,11,13-14,17-18,20,22-23,26-27,29,32-56H2,1-3H3/b10-7-,15-12-,19-16-,24-21-,28-25-,31-30-. The molecule has 0 aromatic carbocycles. The first-order chi connectivity index (χ1) is 31.6. The lowest BCUT2D eigenvalue weighted by Gasteiger charge is -2.18. The molecule has 5 heteroatoms. The van der Waals surface area contributed by atoms with Gasteiger partial charge in [0.2, 0.25) is 0 Å². The minimum atomic E-state index is -0.548. The molecule has 0 aliphatic heterocycles. The summed E-state index contributed by atoms with van der Waals surface area (Å²) in [6.45, 7) is 7.65. The van der Waals surface area contributed by atoms with E-state index >= 15 is 0 Å². The first kappa shape index (κ1) is 61.3. The largest absolute Gasteiger partial charge is 0.462 e. The summed E-state index contributed by atoms with van der Waals surface area (Å²) in [4.78, 5) is 25.5. The van der Waals surface area contributed by atoms with Crippen LogP contribution < -0.4 is 0 Å². The minimum absolute atomic E-state index is 0.0736. The van der Waals surface area contributed by atoms with Crippen LogP contribution in [-0.4, -0.2) is 37.9 Å². The van der Waals surface area contributed by atoms with Gasteiger partial charge in [-0.15, -0.1) is 0 Å². The lowest BCUT2D eigenvalue weighted by Crippen LogP contribution is -2.30. The highest BCUT2D eigenvalue weighted by atomic mass is 16.6. The number of carbonyl (C=O) groups excluding carboxylic acids is 2. The average Bonchev–Trinajstić information content (AvgIpc) is 3.30. The fraction of sp³-hybridized carbons (Fsp3) is 0.763. The fourth-order valence-corrected chi connectivity index (χ4v) is 7.66. The molecule has 0 fully saturated rings. The number of unbranched alkanes of at least 4 members (excludes halogenated alkanes) is 27. The highest BCUT2D eigenvalue weighted by Crippen LogP contribution is 2.15. The molecule has 0 amide bonds. The Morgan fingerprint density at radius 3 is 1.19 bits per heavy atom. The third kappa shape index (κ3) is 52.0. The number of rotatable bonds is 50. The molecule has 5 nitrogen and oxygen atoms in total. The SMILES string of the molecule is CC/C=C\C/C=C\C/C=C\C/C=C\CCCCCCCCC(=O)OCC(COCCCCCCCC/C=C\C/C=C\CCC)OC(=O)CCCCCCCCCCCCCCCCC. The van der Waals surface area contributed by atoms with E-state index in [9.17, 15) is 9.59 Å². The fourth-order valence-electron chi connectivity index (χ4n) is 7.66. The summed E-state index contributed by atoms with van der Waals surface area (Å²) < 4.78 is 17.4. The second-order valence-electron chi connectivity index (χ2n) is 18.1. The summed E-state index contributed by atoms with van der Waals surface area (Å²) in [5, 5.41) is 0.